The minimum absolute atomic E-state index is 0.320. The Hall–Kier alpha value is -2.29. The number of carboxylic acids is 1. The average molecular weight is 269 g/mol. The highest BCUT2D eigenvalue weighted by molar-refractivity contribution is 5.88. The second kappa shape index (κ2) is 5.37. The predicted molar refractivity (Wildman–Crippen MR) is 82.1 cm³/mol. The zero-order valence-corrected chi connectivity index (χ0v) is 12.3. The number of carboxylic acid groups (broad SMARTS) is 1. The maximum Gasteiger partial charge on any atom is 0.335 e. The number of aromatic carboxylic acids is 1. The summed E-state index contributed by atoms with van der Waals surface area (Å²) in [5, 5.41) is 9.01. The van der Waals surface area contributed by atoms with Gasteiger partial charge in [0.25, 0.3) is 0 Å². The van der Waals surface area contributed by atoms with Gasteiger partial charge < -0.3 is 10.0 Å². The van der Waals surface area contributed by atoms with E-state index in [0.717, 1.165) is 16.9 Å². The standard InChI is InChI=1S/C17H19NO2/c1-11-7-12(2)9-15(8-11)18(4)16-6-5-14(17(19)20)10-13(16)3/h5-10H,1-4H3,(H,19,20). The van der Waals surface area contributed by atoms with E-state index >= 15 is 0 Å². The third kappa shape index (κ3) is 2.82. The summed E-state index contributed by atoms with van der Waals surface area (Å²) in [7, 11) is 2.00. The smallest absolute Gasteiger partial charge is 0.335 e. The molecule has 0 heterocycles. The Labute approximate surface area is 119 Å². The largest absolute Gasteiger partial charge is 0.478 e. The number of aryl methyl sites for hydroxylation is 3. The van der Waals surface area contributed by atoms with Crippen LogP contribution in [-0.2, 0) is 0 Å². The minimum Gasteiger partial charge on any atom is -0.478 e. The molecule has 0 saturated carbocycles. The molecule has 0 amide bonds. The summed E-state index contributed by atoms with van der Waals surface area (Å²) < 4.78 is 0. The van der Waals surface area contributed by atoms with Gasteiger partial charge in [-0.3, -0.25) is 0 Å². The van der Waals surface area contributed by atoms with Gasteiger partial charge in [0.2, 0.25) is 0 Å². The van der Waals surface area contributed by atoms with Crippen molar-refractivity contribution in [2.24, 2.45) is 0 Å². The number of rotatable bonds is 3. The summed E-state index contributed by atoms with van der Waals surface area (Å²) in [4.78, 5) is 13.1. The SMILES string of the molecule is Cc1cc(C)cc(N(C)c2ccc(C(=O)O)cc2C)c1. The maximum absolute atomic E-state index is 11.0. The number of nitrogens with zero attached hydrogens (tertiary/aromatic N) is 1. The fourth-order valence-corrected chi connectivity index (χ4v) is 2.45. The van der Waals surface area contributed by atoms with Crippen LogP contribution in [-0.4, -0.2) is 18.1 Å². The highest BCUT2D eigenvalue weighted by Crippen LogP contribution is 2.28. The lowest BCUT2D eigenvalue weighted by atomic mass is 10.1. The Morgan fingerprint density at radius 2 is 1.60 bits per heavy atom. The average Bonchev–Trinajstić information content (AvgIpc) is 2.36. The molecule has 2 aromatic carbocycles. The van der Waals surface area contributed by atoms with Crippen molar-refractivity contribution >= 4 is 17.3 Å². The number of hydrogen-bond donors (Lipinski definition) is 1. The molecule has 3 nitrogen and oxygen atoms in total. The lowest BCUT2D eigenvalue weighted by Gasteiger charge is -2.23. The van der Waals surface area contributed by atoms with Crippen molar-refractivity contribution in [3.8, 4) is 0 Å². The molecule has 0 aliphatic heterocycles. The molecule has 2 rings (SSSR count). The molecule has 2 aromatic rings. The summed E-state index contributed by atoms with van der Waals surface area (Å²) in [6.07, 6.45) is 0. The van der Waals surface area contributed by atoms with Crippen molar-refractivity contribution in [2.45, 2.75) is 20.8 Å². The van der Waals surface area contributed by atoms with Crippen molar-refractivity contribution in [2.75, 3.05) is 11.9 Å². The molecule has 0 bridgehead atoms. The number of benzene rings is 2. The molecule has 104 valence electrons. The van der Waals surface area contributed by atoms with Gasteiger partial charge in [0, 0.05) is 18.4 Å². The van der Waals surface area contributed by atoms with E-state index in [1.165, 1.54) is 11.1 Å². The van der Waals surface area contributed by atoms with E-state index in [4.69, 9.17) is 5.11 Å². The maximum atomic E-state index is 11.0. The molecule has 1 N–H and O–H groups in total. The van der Waals surface area contributed by atoms with Crippen LogP contribution in [0.1, 0.15) is 27.0 Å². The Bertz CT molecular complexity index is 642. The van der Waals surface area contributed by atoms with E-state index < -0.39 is 5.97 Å². The summed E-state index contributed by atoms with van der Waals surface area (Å²) in [5.41, 5.74) is 5.82. The molecule has 0 radical (unpaired) electrons. The van der Waals surface area contributed by atoms with Crippen LogP contribution in [0.25, 0.3) is 0 Å². The highest BCUT2D eigenvalue weighted by atomic mass is 16.4. The molecule has 0 unspecified atom stereocenters. The first-order chi connectivity index (χ1) is 9.38. The number of carbonyl (C=O) groups is 1. The predicted octanol–water partition coefficient (Wildman–Crippen LogP) is 4.08. The van der Waals surface area contributed by atoms with Gasteiger partial charge in [-0.25, -0.2) is 4.79 Å². The molecule has 0 aliphatic carbocycles. The first-order valence-electron chi connectivity index (χ1n) is 6.54. The summed E-state index contributed by atoms with van der Waals surface area (Å²) >= 11 is 0. The Morgan fingerprint density at radius 3 is 2.10 bits per heavy atom. The third-order valence-electron chi connectivity index (χ3n) is 3.40. The highest BCUT2D eigenvalue weighted by Gasteiger charge is 2.10. The van der Waals surface area contributed by atoms with Crippen LogP contribution < -0.4 is 4.90 Å². The van der Waals surface area contributed by atoms with Crippen LogP contribution in [0.4, 0.5) is 11.4 Å². The van der Waals surface area contributed by atoms with Gasteiger partial charge in [-0.15, -0.1) is 0 Å². The molecule has 0 saturated heterocycles. The normalized spacial score (nSPS) is 10.4. The first kappa shape index (κ1) is 14.1. The molecule has 0 spiro atoms. The molecule has 3 heteroatoms. The first-order valence-corrected chi connectivity index (χ1v) is 6.54. The Balaban J connectivity index is 2.42. The molecule has 0 fully saturated rings. The van der Waals surface area contributed by atoms with Gasteiger partial charge in [-0.05, 0) is 67.8 Å². The van der Waals surface area contributed by atoms with E-state index in [0.29, 0.717) is 5.56 Å². The van der Waals surface area contributed by atoms with Crippen molar-refractivity contribution < 1.29 is 9.90 Å². The van der Waals surface area contributed by atoms with E-state index in [-0.39, 0.29) is 0 Å². The Morgan fingerprint density at radius 1 is 1.00 bits per heavy atom. The van der Waals surface area contributed by atoms with E-state index in [9.17, 15) is 4.79 Å². The number of anilines is 2. The third-order valence-corrected chi connectivity index (χ3v) is 3.40. The van der Waals surface area contributed by atoms with Gasteiger partial charge in [0.1, 0.15) is 0 Å². The molecular weight excluding hydrogens is 250 g/mol. The molecule has 0 aliphatic rings. The van der Waals surface area contributed by atoms with Crippen LogP contribution in [0.3, 0.4) is 0 Å². The lowest BCUT2D eigenvalue weighted by molar-refractivity contribution is 0.0697. The van der Waals surface area contributed by atoms with Gasteiger partial charge in [0.05, 0.1) is 5.56 Å². The van der Waals surface area contributed by atoms with Crippen LogP contribution in [0.15, 0.2) is 36.4 Å². The van der Waals surface area contributed by atoms with E-state index in [1.807, 2.05) is 20.0 Å². The Kier molecular flexibility index (Phi) is 3.79. The molecular formula is C17H19NO2. The summed E-state index contributed by atoms with van der Waals surface area (Å²) in [6.45, 7) is 6.08. The fraction of sp³-hybridized carbons (Fsp3) is 0.235. The second-order valence-corrected chi connectivity index (χ2v) is 5.21. The van der Waals surface area contributed by atoms with Gasteiger partial charge in [-0.1, -0.05) is 6.07 Å². The van der Waals surface area contributed by atoms with Crippen LogP contribution in [0.5, 0.6) is 0 Å². The number of hydrogen-bond acceptors (Lipinski definition) is 2. The summed E-state index contributed by atoms with van der Waals surface area (Å²) in [6, 6.07) is 11.6. The van der Waals surface area contributed by atoms with Crippen molar-refractivity contribution in [3.05, 3.63) is 58.7 Å². The van der Waals surface area contributed by atoms with Gasteiger partial charge in [0.15, 0.2) is 0 Å². The van der Waals surface area contributed by atoms with Crippen molar-refractivity contribution in [1.29, 1.82) is 0 Å². The fourth-order valence-electron chi connectivity index (χ4n) is 2.45. The lowest BCUT2D eigenvalue weighted by Crippen LogP contribution is -2.12. The molecule has 0 aromatic heterocycles. The van der Waals surface area contributed by atoms with E-state index in [2.05, 4.69) is 36.9 Å². The zero-order valence-electron chi connectivity index (χ0n) is 12.3. The van der Waals surface area contributed by atoms with Crippen LogP contribution >= 0.6 is 0 Å². The van der Waals surface area contributed by atoms with Crippen LogP contribution in [0.2, 0.25) is 0 Å². The molecule has 20 heavy (non-hydrogen) atoms. The van der Waals surface area contributed by atoms with Gasteiger partial charge >= 0.3 is 5.97 Å². The van der Waals surface area contributed by atoms with E-state index in [1.54, 1.807) is 12.1 Å². The van der Waals surface area contributed by atoms with Crippen molar-refractivity contribution in [1.82, 2.24) is 0 Å². The minimum atomic E-state index is -0.895. The topological polar surface area (TPSA) is 40.5 Å². The van der Waals surface area contributed by atoms with Crippen LogP contribution in [0, 0.1) is 20.8 Å². The molecule has 0 atom stereocenters. The quantitative estimate of drug-likeness (QED) is 0.912. The second-order valence-electron chi connectivity index (χ2n) is 5.21. The van der Waals surface area contributed by atoms with Gasteiger partial charge in [-0.2, -0.15) is 0 Å². The summed E-state index contributed by atoms with van der Waals surface area (Å²) in [5.74, 6) is -0.895. The monoisotopic (exact) mass is 269 g/mol. The van der Waals surface area contributed by atoms with Crippen molar-refractivity contribution in [3.63, 3.8) is 0 Å². The zero-order chi connectivity index (χ0) is 14.9.